The molecule has 2 aromatic heterocycles. The molecule has 0 aromatic carbocycles. The van der Waals surface area contributed by atoms with E-state index >= 15 is 0 Å². The molecule has 0 spiro atoms. The van der Waals surface area contributed by atoms with Crippen molar-refractivity contribution >= 4 is 69.5 Å². The maximum absolute atomic E-state index is 13.2. The summed E-state index contributed by atoms with van der Waals surface area (Å²) < 4.78 is 0. The number of β-lactam (4-membered cyclic amide) rings is 1. The van der Waals surface area contributed by atoms with Gasteiger partial charge in [-0.1, -0.05) is 16.9 Å². The van der Waals surface area contributed by atoms with Crippen molar-refractivity contribution in [3.8, 4) is 0 Å². The van der Waals surface area contributed by atoms with Gasteiger partial charge in [0.2, 0.25) is 5.60 Å². The maximum Gasteiger partial charge on any atom is 0.352 e. The van der Waals surface area contributed by atoms with E-state index in [9.17, 15) is 29.4 Å². The quantitative estimate of drug-likeness (QED) is 0.0986. The summed E-state index contributed by atoms with van der Waals surface area (Å²) in [6, 6.07) is 0.774. The van der Waals surface area contributed by atoms with E-state index in [4.69, 9.17) is 10.6 Å². The summed E-state index contributed by atoms with van der Waals surface area (Å²) in [4.78, 5) is 68.9. The predicted molar refractivity (Wildman–Crippen MR) is 148 cm³/mol. The minimum absolute atomic E-state index is 0.0279. The molecular formula is C23H25N7O7S3. The van der Waals surface area contributed by atoms with Crippen LogP contribution < -0.4 is 11.1 Å². The molecule has 2 aromatic rings. The van der Waals surface area contributed by atoms with Crippen LogP contribution in [-0.4, -0.2) is 88.1 Å². The number of aliphatic carboxylic acids is 2. The molecule has 0 bridgehead atoms. The number of fused-ring (bicyclic) bond motifs is 1. The Hall–Kier alpha value is -3.70. The SMILES string of the molecule is Cc1cc(C)nc(SCC2=C(C(=O)O)N3C(=O)C(NC(=O)/C(=N\OC(C)(C)C(=O)O)c4csc(N)n4)C3SC2)n1. The normalized spacial score (nSPS) is 19.1. The van der Waals surface area contributed by atoms with E-state index in [1.54, 1.807) is 0 Å². The van der Waals surface area contributed by atoms with E-state index < -0.39 is 40.8 Å². The topological polar surface area (TPSA) is 210 Å². The van der Waals surface area contributed by atoms with Crippen LogP contribution in [0.25, 0.3) is 0 Å². The van der Waals surface area contributed by atoms with E-state index in [1.807, 2.05) is 19.9 Å². The largest absolute Gasteiger partial charge is 0.478 e. The maximum atomic E-state index is 13.2. The zero-order valence-corrected chi connectivity index (χ0v) is 24.1. The van der Waals surface area contributed by atoms with Crippen LogP contribution in [-0.2, 0) is 24.0 Å². The third kappa shape index (κ3) is 6.05. The smallest absolute Gasteiger partial charge is 0.352 e. The van der Waals surface area contributed by atoms with Crippen molar-refractivity contribution < 1.29 is 34.2 Å². The van der Waals surface area contributed by atoms with E-state index in [0.29, 0.717) is 16.5 Å². The number of aryl methyl sites for hydroxylation is 2. The lowest BCUT2D eigenvalue weighted by Gasteiger charge is -2.49. The van der Waals surface area contributed by atoms with E-state index in [2.05, 4.69) is 25.4 Å². The van der Waals surface area contributed by atoms with Gasteiger partial charge in [0, 0.05) is 28.3 Å². The van der Waals surface area contributed by atoms with Crippen molar-refractivity contribution in [2.75, 3.05) is 17.2 Å². The summed E-state index contributed by atoms with van der Waals surface area (Å²) in [5, 5.41) is 26.9. The molecule has 0 aliphatic carbocycles. The molecule has 2 aliphatic heterocycles. The van der Waals surface area contributed by atoms with Crippen LogP contribution in [0.1, 0.15) is 30.9 Å². The number of hydrogen-bond donors (Lipinski definition) is 4. The highest BCUT2D eigenvalue weighted by molar-refractivity contribution is 8.01. The Kier molecular flexibility index (Phi) is 8.36. The summed E-state index contributed by atoms with van der Waals surface area (Å²) in [5.41, 5.74) is 5.54. The van der Waals surface area contributed by atoms with E-state index in [-0.39, 0.29) is 28.0 Å². The number of carbonyl (C=O) groups is 4. The number of nitrogens with zero attached hydrogens (tertiary/aromatic N) is 5. The summed E-state index contributed by atoms with van der Waals surface area (Å²) in [7, 11) is 0. The lowest BCUT2D eigenvalue weighted by atomic mass is 10.0. The number of anilines is 1. The predicted octanol–water partition coefficient (Wildman–Crippen LogP) is 1.25. The van der Waals surface area contributed by atoms with Gasteiger partial charge < -0.3 is 26.1 Å². The van der Waals surface area contributed by atoms with Crippen LogP contribution in [0.15, 0.2) is 33.0 Å². The van der Waals surface area contributed by atoms with Crippen LogP contribution in [0, 0.1) is 13.8 Å². The third-order valence-electron chi connectivity index (χ3n) is 5.73. The highest BCUT2D eigenvalue weighted by Crippen LogP contribution is 2.41. The van der Waals surface area contributed by atoms with Crippen molar-refractivity contribution in [3.63, 3.8) is 0 Å². The molecule has 0 saturated carbocycles. The zero-order valence-electron chi connectivity index (χ0n) is 21.7. The molecule has 212 valence electrons. The Bertz CT molecular complexity index is 1440. The lowest BCUT2D eigenvalue weighted by Crippen LogP contribution is -2.71. The number of nitrogens with two attached hydrogens (primary N) is 1. The molecule has 1 saturated heterocycles. The van der Waals surface area contributed by atoms with Crippen molar-refractivity contribution in [2.24, 2.45) is 5.16 Å². The first-order chi connectivity index (χ1) is 18.8. The number of nitrogen functional groups attached to an aromatic ring is 1. The number of carbonyl (C=O) groups excluding carboxylic acids is 2. The molecule has 40 heavy (non-hydrogen) atoms. The molecule has 1 fully saturated rings. The second kappa shape index (κ2) is 11.4. The minimum atomic E-state index is -1.76. The van der Waals surface area contributed by atoms with Gasteiger partial charge in [-0.3, -0.25) is 14.5 Å². The number of oxime groups is 1. The first kappa shape index (κ1) is 29.3. The van der Waals surface area contributed by atoms with Crippen LogP contribution in [0.5, 0.6) is 0 Å². The van der Waals surface area contributed by atoms with Gasteiger partial charge in [-0.25, -0.2) is 24.5 Å². The number of rotatable bonds is 10. The molecule has 0 radical (unpaired) electrons. The number of nitrogens with one attached hydrogen (secondary N) is 1. The molecule has 2 atom stereocenters. The van der Waals surface area contributed by atoms with Crippen LogP contribution in [0.4, 0.5) is 5.13 Å². The highest BCUT2D eigenvalue weighted by Gasteiger charge is 2.54. The van der Waals surface area contributed by atoms with Crippen molar-refractivity contribution in [1.29, 1.82) is 0 Å². The van der Waals surface area contributed by atoms with Crippen LogP contribution in [0.2, 0.25) is 0 Å². The van der Waals surface area contributed by atoms with Gasteiger partial charge in [0.05, 0.1) is 0 Å². The summed E-state index contributed by atoms with van der Waals surface area (Å²) >= 11 is 3.61. The molecule has 14 nitrogen and oxygen atoms in total. The Morgan fingerprint density at radius 2 is 1.93 bits per heavy atom. The molecule has 5 N–H and O–H groups in total. The number of thiazole rings is 1. The number of carboxylic acid groups (broad SMARTS) is 2. The van der Waals surface area contributed by atoms with Gasteiger partial charge in [0.15, 0.2) is 16.0 Å². The average Bonchev–Trinajstić information content (AvgIpc) is 3.30. The van der Waals surface area contributed by atoms with Crippen LogP contribution in [0.3, 0.4) is 0 Å². The van der Waals surface area contributed by atoms with Crippen molar-refractivity contribution in [3.05, 3.63) is 39.8 Å². The average molecular weight is 608 g/mol. The number of amides is 2. The summed E-state index contributed by atoms with van der Waals surface area (Å²) in [6.07, 6.45) is 0. The van der Waals surface area contributed by atoms with Gasteiger partial charge in [0.1, 0.15) is 22.8 Å². The molecule has 4 rings (SSSR count). The lowest BCUT2D eigenvalue weighted by molar-refractivity contribution is -0.161. The second-order valence-corrected chi connectivity index (χ2v) is 12.2. The van der Waals surface area contributed by atoms with Crippen molar-refractivity contribution in [2.45, 2.75) is 49.9 Å². The fourth-order valence-electron chi connectivity index (χ4n) is 3.71. The highest BCUT2D eigenvalue weighted by atomic mass is 32.2. The van der Waals surface area contributed by atoms with Crippen LogP contribution >= 0.6 is 34.9 Å². The molecule has 2 amide bonds. The standard InChI is InChI=1S/C23H25N7O7S3/c1-9-5-10(2)26-22(25-9)40-7-11-6-38-18-14(17(32)30(18)15(11)19(33)34)28-16(31)13(12-8-39-21(24)27-12)29-37-23(3,4)20(35)36/h5,8,14,18H,6-7H2,1-4H3,(H2,24,27)(H,28,31)(H,33,34)(H,35,36)/b29-13-. The summed E-state index contributed by atoms with van der Waals surface area (Å²) in [6.45, 7) is 6.18. The molecule has 2 aliphatic rings. The fourth-order valence-corrected chi connectivity index (χ4v) is 6.70. The Morgan fingerprint density at radius 3 is 2.50 bits per heavy atom. The summed E-state index contributed by atoms with van der Waals surface area (Å²) in [5.74, 6) is -3.48. The van der Waals surface area contributed by atoms with Gasteiger partial charge >= 0.3 is 11.9 Å². The Balaban J connectivity index is 1.52. The monoisotopic (exact) mass is 607 g/mol. The second-order valence-electron chi connectivity index (χ2n) is 9.26. The number of thioether (sulfide) groups is 2. The molecule has 2 unspecified atom stereocenters. The van der Waals surface area contributed by atoms with Gasteiger partial charge in [-0.15, -0.1) is 23.1 Å². The van der Waals surface area contributed by atoms with Crippen molar-refractivity contribution in [1.82, 2.24) is 25.2 Å². The van der Waals surface area contributed by atoms with E-state index in [0.717, 1.165) is 27.6 Å². The molecule has 4 heterocycles. The first-order valence-corrected chi connectivity index (χ1v) is 14.6. The van der Waals surface area contributed by atoms with Gasteiger partial charge in [0.25, 0.3) is 11.8 Å². The molecule has 17 heteroatoms. The zero-order chi connectivity index (χ0) is 29.4. The third-order valence-corrected chi connectivity index (χ3v) is 8.68. The number of carboxylic acids is 2. The fraction of sp³-hybridized carbons (Fsp3) is 0.391. The Morgan fingerprint density at radius 1 is 1.25 bits per heavy atom. The Labute approximate surface area is 240 Å². The van der Waals surface area contributed by atoms with E-state index in [1.165, 1.54) is 42.8 Å². The van der Waals surface area contributed by atoms with Gasteiger partial charge in [-0.2, -0.15) is 0 Å². The number of hydrogen-bond acceptors (Lipinski definition) is 13. The van der Waals surface area contributed by atoms with Gasteiger partial charge in [-0.05, 0) is 39.3 Å². The molecular weight excluding hydrogens is 582 g/mol. The minimum Gasteiger partial charge on any atom is -0.478 e. The first-order valence-electron chi connectivity index (χ1n) is 11.7. The number of aromatic nitrogens is 3.